The van der Waals surface area contributed by atoms with E-state index in [4.69, 9.17) is 5.11 Å². The summed E-state index contributed by atoms with van der Waals surface area (Å²) in [6, 6.07) is 5.79. The van der Waals surface area contributed by atoms with Crippen LogP contribution >= 0.6 is 0 Å². The summed E-state index contributed by atoms with van der Waals surface area (Å²) in [5, 5.41) is 11.4. The second-order valence-corrected chi connectivity index (χ2v) is 4.32. The molecule has 0 unspecified atom stereocenters. The quantitative estimate of drug-likeness (QED) is 0.817. The van der Waals surface area contributed by atoms with E-state index in [2.05, 4.69) is 10.3 Å². The molecule has 0 radical (unpaired) electrons. The molecule has 1 atom stereocenters. The molecule has 1 aromatic carbocycles. The topological polar surface area (TPSA) is 101 Å². The normalized spacial score (nSPS) is 12.1. The first kappa shape index (κ1) is 13.7. The summed E-state index contributed by atoms with van der Waals surface area (Å²) in [6.45, 7) is 1.08. The molecular weight excluding hydrogens is 262 g/mol. The summed E-state index contributed by atoms with van der Waals surface area (Å²) in [7, 11) is 0. The molecule has 0 saturated heterocycles. The lowest BCUT2D eigenvalue weighted by atomic mass is 10.2. The Balaban J connectivity index is 2.22. The average molecular weight is 275 g/mol. The van der Waals surface area contributed by atoms with Gasteiger partial charge in [-0.05, 0) is 19.1 Å². The summed E-state index contributed by atoms with van der Waals surface area (Å²) in [5.74, 6) is -1.69. The Morgan fingerprint density at radius 3 is 2.80 bits per heavy atom. The molecule has 0 bridgehead atoms. The molecule has 0 aliphatic rings. The van der Waals surface area contributed by atoms with E-state index in [1.807, 2.05) is 0 Å². The number of aliphatic carboxylic acids is 1. The minimum absolute atomic E-state index is 0.270. The fourth-order valence-corrected chi connectivity index (χ4v) is 1.72. The third-order valence-electron chi connectivity index (χ3n) is 2.79. The number of carbonyl (C=O) groups excluding carboxylic acids is 1. The Labute approximate surface area is 113 Å². The van der Waals surface area contributed by atoms with Crippen molar-refractivity contribution in [3.8, 4) is 0 Å². The van der Waals surface area contributed by atoms with E-state index in [0.29, 0.717) is 10.9 Å². The molecule has 20 heavy (non-hydrogen) atoms. The number of para-hydroxylation sites is 1. The first-order valence-corrected chi connectivity index (χ1v) is 5.95. The van der Waals surface area contributed by atoms with Crippen molar-refractivity contribution in [3.05, 3.63) is 40.9 Å². The highest BCUT2D eigenvalue weighted by atomic mass is 16.4. The molecule has 1 aromatic heterocycles. The van der Waals surface area contributed by atoms with E-state index in [1.165, 1.54) is 13.3 Å². The molecule has 0 spiro atoms. The van der Waals surface area contributed by atoms with Crippen molar-refractivity contribution in [2.75, 3.05) is 0 Å². The Bertz CT molecular complexity index is 723. The number of carboxylic acids is 1. The van der Waals surface area contributed by atoms with Gasteiger partial charge in [0.15, 0.2) is 0 Å². The number of benzene rings is 1. The lowest BCUT2D eigenvalue weighted by molar-refractivity contribution is -0.141. The number of nitrogens with one attached hydrogen (secondary N) is 1. The van der Waals surface area contributed by atoms with Gasteiger partial charge in [0.25, 0.3) is 5.56 Å². The van der Waals surface area contributed by atoms with Crippen LogP contribution < -0.4 is 10.9 Å². The Kier molecular flexibility index (Phi) is 3.79. The van der Waals surface area contributed by atoms with E-state index < -0.39 is 17.9 Å². The van der Waals surface area contributed by atoms with Crippen LogP contribution in [0.5, 0.6) is 0 Å². The molecule has 2 aromatic rings. The maximum absolute atomic E-state index is 12.1. The van der Waals surface area contributed by atoms with E-state index in [1.54, 1.807) is 24.3 Å². The second kappa shape index (κ2) is 5.52. The zero-order chi connectivity index (χ0) is 14.7. The summed E-state index contributed by atoms with van der Waals surface area (Å²) >= 11 is 0. The van der Waals surface area contributed by atoms with Crippen LogP contribution in [0.3, 0.4) is 0 Å². The summed E-state index contributed by atoms with van der Waals surface area (Å²) in [4.78, 5) is 38.5. The van der Waals surface area contributed by atoms with Crippen LogP contribution in [0.1, 0.15) is 6.92 Å². The van der Waals surface area contributed by atoms with Gasteiger partial charge in [-0.1, -0.05) is 12.1 Å². The Morgan fingerprint density at radius 1 is 1.40 bits per heavy atom. The van der Waals surface area contributed by atoms with E-state index in [0.717, 1.165) is 4.57 Å². The van der Waals surface area contributed by atoms with Crippen molar-refractivity contribution in [3.63, 3.8) is 0 Å². The highest BCUT2D eigenvalue weighted by Crippen LogP contribution is 2.04. The molecule has 0 aliphatic heterocycles. The van der Waals surface area contributed by atoms with Crippen LogP contribution in [-0.4, -0.2) is 32.6 Å². The van der Waals surface area contributed by atoms with Crippen LogP contribution in [0.2, 0.25) is 0 Å². The van der Waals surface area contributed by atoms with Gasteiger partial charge in [0.05, 0.1) is 17.2 Å². The minimum atomic E-state index is -1.14. The van der Waals surface area contributed by atoms with Gasteiger partial charge in [-0.2, -0.15) is 0 Å². The van der Waals surface area contributed by atoms with E-state index in [-0.39, 0.29) is 12.1 Å². The van der Waals surface area contributed by atoms with Gasteiger partial charge in [0.1, 0.15) is 12.6 Å². The molecule has 7 nitrogen and oxygen atoms in total. The van der Waals surface area contributed by atoms with Crippen LogP contribution in [-0.2, 0) is 16.1 Å². The monoisotopic (exact) mass is 275 g/mol. The number of nitrogens with zero attached hydrogens (tertiary/aromatic N) is 2. The second-order valence-electron chi connectivity index (χ2n) is 4.32. The number of carboxylic acid groups (broad SMARTS) is 1. The van der Waals surface area contributed by atoms with Gasteiger partial charge < -0.3 is 10.4 Å². The van der Waals surface area contributed by atoms with Crippen molar-refractivity contribution in [1.29, 1.82) is 0 Å². The van der Waals surface area contributed by atoms with Crippen LogP contribution in [0.15, 0.2) is 35.4 Å². The molecule has 104 valence electrons. The Morgan fingerprint density at radius 2 is 2.10 bits per heavy atom. The molecule has 0 fully saturated rings. The van der Waals surface area contributed by atoms with Crippen molar-refractivity contribution in [2.45, 2.75) is 19.5 Å². The van der Waals surface area contributed by atoms with Crippen LogP contribution in [0, 0.1) is 0 Å². The summed E-state index contributed by atoms with van der Waals surface area (Å²) in [6.07, 6.45) is 1.27. The lowest BCUT2D eigenvalue weighted by Crippen LogP contribution is -2.41. The van der Waals surface area contributed by atoms with Crippen molar-refractivity contribution >= 4 is 22.8 Å². The van der Waals surface area contributed by atoms with Crippen molar-refractivity contribution in [1.82, 2.24) is 14.9 Å². The van der Waals surface area contributed by atoms with Gasteiger partial charge in [-0.15, -0.1) is 0 Å². The fraction of sp³-hybridized carbons (Fsp3) is 0.231. The standard InChI is InChI=1S/C13H13N3O4/c1-8(13(19)20)15-11(17)6-16-7-14-10-5-3-2-4-9(10)12(16)18/h2-5,7-8H,6H2,1H3,(H,15,17)(H,19,20)/t8-/m1/s1. The molecule has 1 heterocycles. The van der Waals surface area contributed by atoms with E-state index >= 15 is 0 Å². The number of carbonyl (C=O) groups is 2. The number of rotatable bonds is 4. The minimum Gasteiger partial charge on any atom is -0.480 e. The Hall–Kier alpha value is -2.70. The maximum Gasteiger partial charge on any atom is 0.325 e. The summed E-state index contributed by atoms with van der Waals surface area (Å²) in [5.41, 5.74) is 0.210. The molecule has 2 N–H and O–H groups in total. The van der Waals surface area contributed by atoms with Gasteiger partial charge >= 0.3 is 5.97 Å². The predicted octanol–water partition coefficient (Wildman–Crippen LogP) is -0.0142. The number of hydrogen-bond acceptors (Lipinski definition) is 4. The SMILES string of the molecule is C[C@@H](NC(=O)Cn1cnc2ccccc2c1=O)C(=O)O. The average Bonchev–Trinajstić information content (AvgIpc) is 2.42. The van der Waals surface area contributed by atoms with Crippen molar-refractivity contribution in [2.24, 2.45) is 0 Å². The number of amides is 1. The third-order valence-corrected chi connectivity index (χ3v) is 2.79. The van der Waals surface area contributed by atoms with Crippen LogP contribution in [0.25, 0.3) is 10.9 Å². The number of aromatic nitrogens is 2. The van der Waals surface area contributed by atoms with Gasteiger partial charge in [-0.3, -0.25) is 19.0 Å². The smallest absolute Gasteiger partial charge is 0.325 e. The highest BCUT2D eigenvalue weighted by Gasteiger charge is 2.15. The molecule has 0 aliphatic carbocycles. The van der Waals surface area contributed by atoms with Crippen molar-refractivity contribution < 1.29 is 14.7 Å². The van der Waals surface area contributed by atoms with Gasteiger partial charge in [0.2, 0.25) is 5.91 Å². The number of fused-ring (bicyclic) bond motifs is 1. The molecule has 7 heteroatoms. The first-order chi connectivity index (χ1) is 9.49. The lowest BCUT2D eigenvalue weighted by Gasteiger charge is -2.10. The highest BCUT2D eigenvalue weighted by molar-refractivity contribution is 5.83. The molecule has 0 saturated carbocycles. The predicted molar refractivity (Wildman–Crippen MR) is 71.2 cm³/mol. The fourth-order valence-electron chi connectivity index (χ4n) is 1.72. The molecule has 2 rings (SSSR count). The zero-order valence-electron chi connectivity index (χ0n) is 10.7. The zero-order valence-corrected chi connectivity index (χ0v) is 10.7. The van der Waals surface area contributed by atoms with Gasteiger partial charge in [-0.25, -0.2) is 4.98 Å². The van der Waals surface area contributed by atoms with Crippen LogP contribution in [0.4, 0.5) is 0 Å². The maximum atomic E-state index is 12.1. The molecule has 1 amide bonds. The molecular formula is C13H13N3O4. The van der Waals surface area contributed by atoms with E-state index in [9.17, 15) is 14.4 Å². The third kappa shape index (κ3) is 2.82. The summed E-state index contributed by atoms with van der Waals surface area (Å²) < 4.78 is 1.15. The first-order valence-electron chi connectivity index (χ1n) is 5.95. The largest absolute Gasteiger partial charge is 0.480 e. The van der Waals surface area contributed by atoms with Gasteiger partial charge in [0, 0.05) is 0 Å². The number of hydrogen-bond donors (Lipinski definition) is 2.